The number of hydrogen-bond acceptors (Lipinski definition) is 6. The third-order valence-electron chi connectivity index (χ3n) is 5.14. The van der Waals surface area contributed by atoms with E-state index in [1.807, 2.05) is 54.6 Å². The van der Waals surface area contributed by atoms with Gasteiger partial charge in [0, 0.05) is 22.0 Å². The average Bonchev–Trinajstić information content (AvgIpc) is 3.34. The van der Waals surface area contributed by atoms with Gasteiger partial charge in [0.25, 0.3) is 5.65 Å². The van der Waals surface area contributed by atoms with Crippen molar-refractivity contribution in [2.45, 2.75) is 0 Å². The smallest absolute Gasteiger partial charge is 0.258 e. The van der Waals surface area contributed by atoms with E-state index in [-0.39, 0.29) is 11.3 Å². The van der Waals surface area contributed by atoms with E-state index in [9.17, 15) is 10.1 Å². The molecule has 0 aliphatic carbocycles. The van der Waals surface area contributed by atoms with Crippen LogP contribution in [0.25, 0.3) is 5.65 Å². The summed E-state index contributed by atoms with van der Waals surface area (Å²) in [6.45, 7) is 0. The van der Waals surface area contributed by atoms with Crippen molar-refractivity contribution in [1.29, 1.82) is 0 Å². The molecule has 0 bridgehead atoms. The van der Waals surface area contributed by atoms with Gasteiger partial charge in [0.05, 0.1) is 12.0 Å². The highest BCUT2D eigenvalue weighted by atomic mass is 31.2. The van der Waals surface area contributed by atoms with Crippen molar-refractivity contribution < 1.29 is 4.92 Å². The first kappa shape index (κ1) is 19.8. The molecule has 0 saturated carbocycles. The Kier molecular flexibility index (Phi) is 5.05. The SMILES string of the molecule is O=[N+]([O-])c1ccc(N=P(c2ccccc2)(c2ccccc2)c2ccccc2)n2nnnc12. The third kappa shape index (κ3) is 3.27. The first-order valence-electron chi connectivity index (χ1n) is 9.85. The molecule has 3 aromatic carbocycles. The Labute approximate surface area is 183 Å². The fourth-order valence-corrected chi connectivity index (χ4v) is 7.23. The fourth-order valence-electron chi connectivity index (χ4n) is 3.72. The maximum Gasteiger partial charge on any atom is 0.315 e. The Bertz CT molecular complexity index is 1350. The maximum atomic E-state index is 11.4. The summed E-state index contributed by atoms with van der Waals surface area (Å²) in [5.74, 6) is 0.445. The molecule has 0 radical (unpaired) electrons. The number of nitrogens with zero attached hydrogens (tertiary/aromatic N) is 6. The lowest BCUT2D eigenvalue weighted by Gasteiger charge is -2.26. The number of nitro groups is 1. The largest absolute Gasteiger partial charge is 0.315 e. The summed E-state index contributed by atoms with van der Waals surface area (Å²) >= 11 is 0. The molecule has 0 N–H and O–H groups in total. The number of pyridine rings is 1. The van der Waals surface area contributed by atoms with Crippen LogP contribution in [-0.4, -0.2) is 25.0 Å². The predicted molar refractivity (Wildman–Crippen MR) is 125 cm³/mol. The molecule has 0 atom stereocenters. The Hall–Kier alpha value is -4.16. The van der Waals surface area contributed by atoms with Crippen LogP contribution < -0.4 is 15.9 Å². The van der Waals surface area contributed by atoms with Gasteiger partial charge in [-0.2, -0.15) is 4.52 Å². The molecule has 0 spiro atoms. The third-order valence-corrected chi connectivity index (χ3v) is 8.79. The molecular weight excluding hydrogens is 423 g/mol. The number of fused-ring (bicyclic) bond motifs is 1. The quantitative estimate of drug-likeness (QED) is 0.235. The van der Waals surface area contributed by atoms with Gasteiger partial charge in [0.2, 0.25) is 0 Å². The van der Waals surface area contributed by atoms with Crippen LogP contribution in [0.1, 0.15) is 0 Å². The van der Waals surface area contributed by atoms with Crippen LogP contribution in [0.15, 0.2) is 108 Å². The van der Waals surface area contributed by atoms with Gasteiger partial charge in [-0.05, 0) is 16.5 Å². The second-order valence-corrected chi connectivity index (χ2v) is 10.0. The van der Waals surface area contributed by atoms with Gasteiger partial charge in [-0.15, -0.1) is 5.10 Å². The van der Waals surface area contributed by atoms with Crippen LogP contribution in [0.3, 0.4) is 0 Å². The maximum absolute atomic E-state index is 11.4. The van der Waals surface area contributed by atoms with Crippen LogP contribution in [0, 0.1) is 10.1 Å². The molecule has 2 heterocycles. The molecule has 9 heteroatoms. The molecule has 2 aromatic heterocycles. The normalized spacial score (nSPS) is 11.4. The monoisotopic (exact) mass is 440 g/mol. The molecule has 32 heavy (non-hydrogen) atoms. The molecule has 0 fully saturated rings. The molecule has 0 aliphatic heterocycles. The Morgan fingerprint density at radius 1 is 0.750 bits per heavy atom. The lowest BCUT2D eigenvalue weighted by molar-refractivity contribution is -0.383. The van der Waals surface area contributed by atoms with Crippen molar-refractivity contribution in [1.82, 2.24) is 20.0 Å². The molecule has 0 unspecified atom stereocenters. The first-order valence-corrected chi connectivity index (χ1v) is 11.6. The van der Waals surface area contributed by atoms with E-state index in [1.165, 1.54) is 10.6 Å². The fraction of sp³-hybridized carbons (Fsp3) is 0. The van der Waals surface area contributed by atoms with Crippen LogP contribution in [0.5, 0.6) is 0 Å². The molecule has 5 rings (SSSR count). The van der Waals surface area contributed by atoms with Gasteiger partial charge in [-0.25, -0.2) is 4.74 Å². The Balaban J connectivity index is 1.93. The topological polar surface area (TPSA) is 98.6 Å². The number of benzene rings is 3. The van der Waals surface area contributed by atoms with E-state index < -0.39 is 12.0 Å². The van der Waals surface area contributed by atoms with Gasteiger partial charge >= 0.3 is 5.69 Å². The minimum atomic E-state index is -2.56. The molecular formula is C23H17N6O2P. The van der Waals surface area contributed by atoms with Crippen molar-refractivity contribution in [2.24, 2.45) is 4.74 Å². The zero-order valence-corrected chi connectivity index (χ0v) is 17.7. The highest BCUT2D eigenvalue weighted by Gasteiger charge is 2.28. The van der Waals surface area contributed by atoms with Crippen molar-refractivity contribution in [3.8, 4) is 0 Å². The first-order chi connectivity index (χ1) is 15.7. The second-order valence-electron chi connectivity index (χ2n) is 6.99. The van der Waals surface area contributed by atoms with Gasteiger partial charge < -0.3 is 0 Å². The Morgan fingerprint density at radius 3 is 1.72 bits per heavy atom. The van der Waals surface area contributed by atoms with Gasteiger partial charge in [0.1, 0.15) is 0 Å². The summed E-state index contributed by atoms with van der Waals surface area (Å²) in [6, 6.07) is 33.3. The number of hydrogen-bond donors (Lipinski definition) is 0. The van der Waals surface area contributed by atoms with E-state index in [4.69, 9.17) is 4.74 Å². The van der Waals surface area contributed by atoms with Crippen LogP contribution >= 0.6 is 7.05 Å². The Morgan fingerprint density at radius 2 is 1.25 bits per heavy atom. The van der Waals surface area contributed by atoms with Crippen molar-refractivity contribution in [3.63, 3.8) is 0 Å². The summed E-state index contributed by atoms with van der Waals surface area (Å²) in [5, 5.41) is 26.1. The minimum absolute atomic E-state index is 0.0588. The second kappa shape index (κ2) is 8.17. The molecule has 0 aliphatic rings. The number of tetrazole rings is 1. The molecule has 156 valence electrons. The van der Waals surface area contributed by atoms with Gasteiger partial charge in [0.15, 0.2) is 5.82 Å². The van der Waals surface area contributed by atoms with Crippen LogP contribution in [0.4, 0.5) is 11.5 Å². The van der Waals surface area contributed by atoms with Crippen LogP contribution in [0.2, 0.25) is 0 Å². The lowest BCUT2D eigenvalue weighted by Crippen LogP contribution is -2.25. The average molecular weight is 440 g/mol. The van der Waals surface area contributed by atoms with E-state index in [1.54, 1.807) is 6.07 Å². The van der Waals surface area contributed by atoms with Gasteiger partial charge in [-0.1, -0.05) is 91.0 Å². The molecule has 0 amide bonds. The van der Waals surface area contributed by atoms with E-state index in [0.717, 1.165) is 15.9 Å². The number of aromatic nitrogens is 4. The zero-order chi connectivity index (χ0) is 22.0. The highest BCUT2D eigenvalue weighted by Crippen LogP contribution is 2.49. The van der Waals surface area contributed by atoms with Crippen molar-refractivity contribution in [2.75, 3.05) is 0 Å². The molecule has 5 aromatic rings. The number of rotatable bonds is 5. The summed E-state index contributed by atoms with van der Waals surface area (Å²) in [5.41, 5.74) is -0.111. The van der Waals surface area contributed by atoms with Crippen molar-refractivity contribution in [3.05, 3.63) is 113 Å². The van der Waals surface area contributed by atoms with Crippen LogP contribution in [-0.2, 0) is 0 Å². The van der Waals surface area contributed by atoms with Crippen molar-refractivity contribution >= 4 is 40.1 Å². The highest BCUT2D eigenvalue weighted by molar-refractivity contribution is 7.87. The van der Waals surface area contributed by atoms with E-state index in [0.29, 0.717) is 5.82 Å². The summed E-state index contributed by atoms with van der Waals surface area (Å²) < 4.78 is 6.65. The predicted octanol–water partition coefficient (Wildman–Crippen LogP) is 3.84. The van der Waals surface area contributed by atoms with Gasteiger partial charge in [-0.3, -0.25) is 10.1 Å². The standard InChI is InChI=1S/C23H17N6O2P/c30-29(31)21-16-17-22(28-23(21)24-26-27-28)25-32(18-10-4-1-5-11-18,19-12-6-2-7-13-19)20-14-8-3-9-15-20/h1-17H. The van der Waals surface area contributed by atoms with E-state index >= 15 is 0 Å². The minimum Gasteiger partial charge on any atom is -0.258 e. The summed E-state index contributed by atoms with van der Waals surface area (Å²) in [7, 11) is -2.56. The molecule has 0 saturated heterocycles. The summed E-state index contributed by atoms with van der Waals surface area (Å²) in [6.07, 6.45) is 0. The lowest BCUT2D eigenvalue weighted by atomic mass is 10.4. The summed E-state index contributed by atoms with van der Waals surface area (Å²) in [4.78, 5) is 11.0. The molecule has 8 nitrogen and oxygen atoms in total. The zero-order valence-electron chi connectivity index (χ0n) is 16.8. The van der Waals surface area contributed by atoms with E-state index in [2.05, 4.69) is 51.9 Å².